The second kappa shape index (κ2) is 8.08. The van der Waals surface area contributed by atoms with Crippen molar-refractivity contribution in [1.82, 2.24) is 10.6 Å². The highest BCUT2D eigenvalue weighted by molar-refractivity contribution is 5.74. The average Bonchev–Trinajstić information content (AvgIpc) is 2.30. The fourth-order valence-corrected chi connectivity index (χ4v) is 1.79. The van der Waals surface area contributed by atoms with Crippen LogP contribution in [0.25, 0.3) is 0 Å². The summed E-state index contributed by atoms with van der Waals surface area (Å²) in [5.74, 6) is 0. The van der Waals surface area contributed by atoms with E-state index in [9.17, 15) is 9.90 Å². The molecule has 2 amide bonds. The number of carbonyl (C=O) groups excluding carboxylic acids is 1. The molecular formula is C12H22N2O3. The average molecular weight is 242 g/mol. The van der Waals surface area contributed by atoms with Gasteiger partial charge in [-0.2, -0.15) is 0 Å². The van der Waals surface area contributed by atoms with Crippen LogP contribution in [0.15, 0.2) is 12.2 Å². The second-order valence-corrected chi connectivity index (χ2v) is 4.28. The van der Waals surface area contributed by atoms with Crippen molar-refractivity contribution in [1.29, 1.82) is 0 Å². The molecule has 1 rings (SSSR count). The highest BCUT2D eigenvalue weighted by atomic mass is 16.5. The predicted molar refractivity (Wildman–Crippen MR) is 65.8 cm³/mol. The van der Waals surface area contributed by atoms with Gasteiger partial charge in [-0.25, -0.2) is 4.79 Å². The third-order valence-electron chi connectivity index (χ3n) is 2.73. The van der Waals surface area contributed by atoms with E-state index < -0.39 is 6.10 Å². The van der Waals surface area contributed by atoms with Crippen molar-refractivity contribution in [2.45, 2.75) is 37.8 Å². The van der Waals surface area contributed by atoms with Gasteiger partial charge in [0.15, 0.2) is 0 Å². The Kier molecular flexibility index (Phi) is 6.65. The Morgan fingerprint density at radius 2 is 2.41 bits per heavy atom. The highest BCUT2D eigenvalue weighted by Gasteiger charge is 2.12. The summed E-state index contributed by atoms with van der Waals surface area (Å²) in [6.07, 6.45) is 7.14. The molecule has 0 saturated heterocycles. The van der Waals surface area contributed by atoms with Gasteiger partial charge in [-0.05, 0) is 25.7 Å². The first kappa shape index (κ1) is 14.0. The van der Waals surface area contributed by atoms with Gasteiger partial charge in [0.2, 0.25) is 0 Å². The maximum absolute atomic E-state index is 11.5. The Hall–Kier alpha value is -1.07. The Labute approximate surface area is 102 Å². The van der Waals surface area contributed by atoms with E-state index in [1.165, 1.54) is 0 Å². The Balaban J connectivity index is 2.06. The second-order valence-electron chi connectivity index (χ2n) is 4.28. The molecule has 0 fully saturated rings. The Morgan fingerprint density at radius 3 is 3.06 bits per heavy atom. The number of hydrogen-bond donors (Lipinski definition) is 3. The van der Waals surface area contributed by atoms with Crippen LogP contribution in [0.1, 0.15) is 25.7 Å². The molecular weight excluding hydrogens is 220 g/mol. The van der Waals surface area contributed by atoms with Crippen molar-refractivity contribution < 1.29 is 14.6 Å². The molecule has 0 bridgehead atoms. The van der Waals surface area contributed by atoms with E-state index in [1.54, 1.807) is 7.11 Å². The highest BCUT2D eigenvalue weighted by Crippen LogP contribution is 2.09. The summed E-state index contributed by atoms with van der Waals surface area (Å²) in [6.45, 7) is 0.760. The van der Waals surface area contributed by atoms with Gasteiger partial charge >= 0.3 is 6.03 Å². The van der Waals surface area contributed by atoms with Gasteiger partial charge in [0.25, 0.3) is 0 Å². The van der Waals surface area contributed by atoms with E-state index in [4.69, 9.17) is 4.74 Å². The summed E-state index contributed by atoms with van der Waals surface area (Å²) in [6, 6.07) is 0.0822. The first-order valence-electron chi connectivity index (χ1n) is 6.08. The normalized spacial score (nSPS) is 20.9. The molecule has 0 radical (unpaired) electrons. The van der Waals surface area contributed by atoms with Crippen LogP contribution in [0.5, 0.6) is 0 Å². The van der Waals surface area contributed by atoms with Crippen molar-refractivity contribution in [3.63, 3.8) is 0 Å². The van der Waals surface area contributed by atoms with E-state index >= 15 is 0 Å². The standard InChI is InChI=1S/C12H22N2O3/c1-17-9-11(15)7-8-13-12(16)14-10-5-3-2-4-6-10/h2-3,10-11,15H,4-9H2,1H3,(H2,13,14,16). The van der Waals surface area contributed by atoms with Gasteiger partial charge in [0.1, 0.15) is 0 Å². The number of methoxy groups -OCH3 is 1. The minimum Gasteiger partial charge on any atom is -0.391 e. The summed E-state index contributed by atoms with van der Waals surface area (Å²) in [7, 11) is 1.54. The van der Waals surface area contributed by atoms with Crippen LogP contribution < -0.4 is 10.6 Å². The molecule has 0 aromatic carbocycles. The number of nitrogens with one attached hydrogen (secondary N) is 2. The SMILES string of the molecule is COCC(O)CCNC(=O)NC1CC=CCC1. The molecule has 0 aromatic rings. The number of carbonyl (C=O) groups is 1. The summed E-state index contributed by atoms with van der Waals surface area (Å²) in [5.41, 5.74) is 0. The minimum atomic E-state index is -0.516. The third-order valence-corrected chi connectivity index (χ3v) is 2.73. The molecule has 98 valence electrons. The van der Waals surface area contributed by atoms with Gasteiger partial charge in [-0.3, -0.25) is 0 Å². The predicted octanol–water partition coefficient (Wildman–Crippen LogP) is 0.792. The van der Waals surface area contributed by atoms with E-state index in [2.05, 4.69) is 22.8 Å². The van der Waals surface area contributed by atoms with Crippen LogP contribution in [0, 0.1) is 0 Å². The third kappa shape index (κ3) is 6.28. The fourth-order valence-electron chi connectivity index (χ4n) is 1.79. The number of amides is 2. The van der Waals surface area contributed by atoms with E-state index in [0.717, 1.165) is 19.3 Å². The van der Waals surface area contributed by atoms with Gasteiger partial charge in [0.05, 0.1) is 12.7 Å². The van der Waals surface area contributed by atoms with Gasteiger partial charge in [0, 0.05) is 19.7 Å². The number of aliphatic hydroxyl groups excluding tert-OH is 1. The van der Waals surface area contributed by atoms with Crippen LogP contribution in [0.4, 0.5) is 4.79 Å². The number of hydrogen-bond acceptors (Lipinski definition) is 3. The molecule has 2 atom stereocenters. The maximum Gasteiger partial charge on any atom is 0.315 e. The van der Waals surface area contributed by atoms with Crippen molar-refractivity contribution >= 4 is 6.03 Å². The molecule has 17 heavy (non-hydrogen) atoms. The van der Waals surface area contributed by atoms with Gasteiger partial charge in [-0.15, -0.1) is 0 Å². The molecule has 0 spiro atoms. The summed E-state index contributed by atoms with van der Waals surface area (Å²) < 4.78 is 4.80. The smallest absolute Gasteiger partial charge is 0.315 e. The van der Waals surface area contributed by atoms with Crippen LogP contribution in [-0.4, -0.2) is 43.5 Å². The lowest BCUT2D eigenvalue weighted by molar-refractivity contribution is 0.0598. The molecule has 5 heteroatoms. The number of urea groups is 1. The van der Waals surface area contributed by atoms with Crippen molar-refractivity contribution in [2.75, 3.05) is 20.3 Å². The van der Waals surface area contributed by atoms with E-state index in [1.807, 2.05) is 0 Å². The van der Waals surface area contributed by atoms with Gasteiger partial charge in [-0.1, -0.05) is 12.2 Å². The monoisotopic (exact) mass is 242 g/mol. The van der Waals surface area contributed by atoms with E-state index in [-0.39, 0.29) is 12.1 Å². The Bertz CT molecular complexity index is 256. The van der Waals surface area contributed by atoms with E-state index in [0.29, 0.717) is 19.6 Å². The molecule has 2 unspecified atom stereocenters. The van der Waals surface area contributed by atoms with Crippen LogP contribution in [0.3, 0.4) is 0 Å². The molecule has 5 nitrogen and oxygen atoms in total. The van der Waals surface area contributed by atoms with Gasteiger partial charge < -0.3 is 20.5 Å². The zero-order valence-electron chi connectivity index (χ0n) is 10.3. The summed E-state index contributed by atoms with van der Waals surface area (Å²) in [5, 5.41) is 15.0. The maximum atomic E-state index is 11.5. The first-order valence-corrected chi connectivity index (χ1v) is 6.08. The summed E-state index contributed by atoms with van der Waals surface area (Å²) in [4.78, 5) is 11.5. The molecule has 0 heterocycles. The number of rotatable bonds is 6. The molecule has 0 aromatic heterocycles. The van der Waals surface area contributed by atoms with Crippen LogP contribution in [-0.2, 0) is 4.74 Å². The van der Waals surface area contributed by atoms with Crippen molar-refractivity contribution in [3.05, 3.63) is 12.2 Å². The summed E-state index contributed by atoms with van der Waals surface area (Å²) >= 11 is 0. The molecule has 0 aliphatic heterocycles. The minimum absolute atomic E-state index is 0.157. The van der Waals surface area contributed by atoms with Crippen LogP contribution >= 0.6 is 0 Å². The number of ether oxygens (including phenoxy) is 1. The Morgan fingerprint density at radius 1 is 1.59 bits per heavy atom. The fraction of sp³-hybridized carbons (Fsp3) is 0.750. The lowest BCUT2D eigenvalue weighted by atomic mass is 10.0. The molecule has 1 aliphatic carbocycles. The number of allylic oxidation sites excluding steroid dienone is 1. The zero-order chi connectivity index (χ0) is 12.5. The molecule has 3 N–H and O–H groups in total. The molecule has 1 aliphatic rings. The van der Waals surface area contributed by atoms with Crippen molar-refractivity contribution in [2.24, 2.45) is 0 Å². The number of aliphatic hydroxyl groups is 1. The lowest BCUT2D eigenvalue weighted by Crippen LogP contribution is -2.43. The lowest BCUT2D eigenvalue weighted by Gasteiger charge is -2.19. The quantitative estimate of drug-likeness (QED) is 0.603. The first-order chi connectivity index (χ1) is 8.22. The topological polar surface area (TPSA) is 70.6 Å². The van der Waals surface area contributed by atoms with Crippen LogP contribution in [0.2, 0.25) is 0 Å². The largest absolute Gasteiger partial charge is 0.391 e. The molecule has 0 saturated carbocycles. The zero-order valence-corrected chi connectivity index (χ0v) is 10.3. The van der Waals surface area contributed by atoms with Crippen molar-refractivity contribution in [3.8, 4) is 0 Å².